The van der Waals surface area contributed by atoms with Gasteiger partial charge in [-0.05, 0) is 0 Å². The van der Waals surface area contributed by atoms with E-state index < -0.39 is 17.1 Å². The van der Waals surface area contributed by atoms with Crippen molar-refractivity contribution in [2.75, 3.05) is 20.8 Å². The summed E-state index contributed by atoms with van der Waals surface area (Å²) in [5, 5.41) is 0. The van der Waals surface area contributed by atoms with Gasteiger partial charge in [0, 0.05) is 14.2 Å². The molecule has 1 aromatic rings. The summed E-state index contributed by atoms with van der Waals surface area (Å²) in [5.41, 5.74) is -2.17. The zero-order valence-corrected chi connectivity index (χ0v) is 10.7. The number of aromatic nitrogens is 3. The molecule has 0 radical (unpaired) electrons. The van der Waals surface area contributed by atoms with E-state index in [0.29, 0.717) is 6.61 Å². The van der Waals surface area contributed by atoms with Gasteiger partial charge in [-0.1, -0.05) is 0 Å². The van der Waals surface area contributed by atoms with Crippen molar-refractivity contribution in [2.45, 2.75) is 26.1 Å². The second-order valence-electron chi connectivity index (χ2n) is 4.11. The van der Waals surface area contributed by atoms with Crippen LogP contribution < -0.4 is 17.1 Å². The van der Waals surface area contributed by atoms with E-state index in [1.165, 1.54) is 14.2 Å². The lowest BCUT2D eigenvalue weighted by atomic mass is 10.5. The summed E-state index contributed by atoms with van der Waals surface area (Å²) >= 11 is 0. The maximum Gasteiger partial charge on any atom is 0.340 e. The highest BCUT2D eigenvalue weighted by molar-refractivity contribution is 4.81. The molecule has 0 saturated carbocycles. The first-order chi connectivity index (χ1) is 9.10. The molecule has 1 unspecified atom stereocenters. The summed E-state index contributed by atoms with van der Waals surface area (Å²) in [6, 6.07) is 0. The van der Waals surface area contributed by atoms with E-state index >= 15 is 0 Å². The molecule has 0 aliphatic carbocycles. The van der Waals surface area contributed by atoms with Crippen molar-refractivity contribution in [3.05, 3.63) is 31.5 Å². The fourth-order valence-electron chi connectivity index (χ4n) is 1.69. The van der Waals surface area contributed by atoms with E-state index in [2.05, 4.69) is 0 Å². The quantitative estimate of drug-likeness (QED) is 0.545. The van der Waals surface area contributed by atoms with Crippen molar-refractivity contribution in [3.8, 4) is 0 Å². The third-order valence-corrected chi connectivity index (χ3v) is 2.69. The largest absolute Gasteiger partial charge is 0.371 e. The Morgan fingerprint density at radius 1 is 1.00 bits per heavy atom. The van der Waals surface area contributed by atoms with Crippen LogP contribution in [-0.4, -0.2) is 40.6 Å². The van der Waals surface area contributed by atoms with Gasteiger partial charge in [-0.3, -0.25) is 0 Å². The Morgan fingerprint density at radius 2 is 1.42 bits per heavy atom. The number of methoxy groups -OCH3 is 2. The van der Waals surface area contributed by atoms with Crippen LogP contribution in [0.15, 0.2) is 14.4 Å². The molecule has 2 rings (SSSR count). The maximum absolute atomic E-state index is 12.1. The van der Waals surface area contributed by atoms with E-state index in [9.17, 15) is 14.4 Å². The fraction of sp³-hybridized carbons (Fsp3) is 0.700. The molecule has 1 saturated heterocycles. The zero-order chi connectivity index (χ0) is 14.0. The molecule has 19 heavy (non-hydrogen) atoms. The number of ether oxygens (including phenoxy) is 3. The van der Waals surface area contributed by atoms with Crippen molar-refractivity contribution in [2.24, 2.45) is 0 Å². The molecule has 1 aromatic heterocycles. The summed E-state index contributed by atoms with van der Waals surface area (Å²) in [7, 11) is 2.71. The van der Waals surface area contributed by atoms with Gasteiger partial charge in [0.25, 0.3) is 0 Å². The molecule has 1 fully saturated rings. The zero-order valence-electron chi connectivity index (χ0n) is 10.7. The van der Waals surface area contributed by atoms with Crippen LogP contribution in [0.2, 0.25) is 0 Å². The highest BCUT2D eigenvalue weighted by Gasteiger charge is 2.26. The summed E-state index contributed by atoms with van der Waals surface area (Å²) in [6.07, 6.45) is -0.158. The van der Waals surface area contributed by atoms with Crippen molar-refractivity contribution < 1.29 is 14.2 Å². The summed E-state index contributed by atoms with van der Waals surface area (Å²) in [6.45, 7) is 0.158. The van der Waals surface area contributed by atoms with Gasteiger partial charge in [-0.25, -0.2) is 28.1 Å². The SMILES string of the molecule is COCn1c(=O)n(COC)c(=O)n(CC2CO2)c1=O. The highest BCUT2D eigenvalue weighted by atomic mass is 16.6. The van der Waals surface area contributed by atoms with Crippen LogP contribution in [0.3, 0.4) is 0 Å². The number of rotatable bonds is 6. The Bertz CT molecular complexity index is 579. The second kappa shape index (κ2) is 5.51. The third-order valence-electron chi connectivity index (χ3n) is 2.69. The molecule has 9 nitrogen and oxygen atoms in total. The van der Waals surface area contributed by atoms with E-state index in [4.69, 9.17) is 14.2 Å². The van der Waals surface area contributed by atoms with Crippen molar-refractivity contribution in [1.29, 1.82) is 0 Å². The van der Waals surface area contributed by atoms with Gasteiger partial charge in [-0.15, -0.1) is 0 Å². The van der Waals surface area contributed by atoms with Crippen LogP contribution in [0.1, 0.15) is 0 Å². The lowest BCUT2D eigenvalue weighted by molar-refractivity contribution is 0.0961. The maximum atomic E-state index is 12.1. The fourth-order valence-corrected chi connectivity index (χ4v) is 1.69. The topological polar surface area (TPSA) is 97.0 Å². The highest BCUT2D eigenvalue weighted by Crippen LogP contribution is 2.08. The summed E-state index contributed by atoms with van der Waals surface area (Å²) in [5.74, 6) is 0. The van der Waals surface area contributed by atoms with Gasteiger partial charge in [0.05, 0.1) is 19.3 Å². The minimum absolute atomic E-state index is 0.116. The van der Waals surface area contributed by atoms with Crippen LogP contribution >= 0.6 is 0 Å². The predicted molar refractivity (Wildman–Crippen MR) is 63.0 cm³/mol. The van der Waals surface area contributed by atoms with Gasteiger partial charge in [0.1, 0.15) is 13.5 Å². The Morgan fingerprint density at radius 3 is 1.79 bits per heavy atom. The number of epoxide rings is 1. The van der Waals surface area contributed by atoms with E-state index in [1.807, 2.05) is 0 Å². The van der Waals surface area contributed by atoms with Gasteiger partial charge in [-0.2, -0.15) is 0 Å². The van der Waals surface area contributed by atoms with Gasteiger partial charge >= 0.3 is 17.1 Å². The van der Waals surface area contributed by atoms with E-state index in [0.717, 1.165) is 13.7 Å². The molecular weight excluding hydrogens is 258 g/mol. The molecule has 1 atom stereocenters. The minimum Gasteiger partial charge on any atom is -0.371 e. The molecule has 9 heteroatoms. The molecule has 0 N–H and O–H groups in total. The summed E-state index contributed by atoms with van der Waals surface area (Å²) < 4.78 is 17.2. The Labute approximate surface area is 107 Å². The lowest BCUT2D eigenvalue weighted by Crippen LogP contribution is -2.55. The van der Waals surface area contributed by atoms with Gasteiger partial charge < -0.3 is 14.2 Å². The number of nitrogens with zero attached hydrogens (tertiary/aromatic N) is 3. The first-order valence-corrected chi connectivity index (χ1v) is 5.64. The van der Waals surface area contributed by atoms with Gasteiger partial charge in [0.15, 0.2) is 0 Å². The molecule has 0 aromatic carbocycles. The Kier molecular flexibility index (Phi) is 3.98. The average Bonchev–Trinajstić information content (AvgIpc) is 3.20. The van der Waals surface area contributed by atoms with Crippen molar-refractivity contribution >= 4 is 0 Å². The Hall–Kier alpha value is -1.71. The summed E-state index contributed by atoms with van der Waals surface area (Å²) in [4.78, 5) is 36.1. The first-order valence-electron chi connectivity index (χ1n) is 5.64. The third kappa shape index (κ3) is 2.67. The van der Waals surface area contributed by atoms with Gasteiger partial charge in [0.2, 0.25) is 0 Å². The standard InChI is InChI=1S/C10H15N3O6/c1-17-5-12-8(14)11(3-7-4-19-7)9(15)13(6-18-2)10(12)16/h7H,3-6H2,1-2H3. The number of hydrogen-bond acceptors (Lipinski definition) is 6. The molecule has 0 amide bonds. The van der Waals surface area contributed by atoms with Crippen LogP contribution in [-0.2, 0) is 34.2 Å². The first kappa shape index (κ1) is 13.7. The molecule has 0 bridgehead atoms. The van der Waals surface area contributed by atoms with Crippen LogP contribution in [0, 0.1) is 0 Å². The van der Waals surface area contributed by atoms with Crippen molar-refractivity contribution in [3.63, 3.8) is 0 Å². The van der Waals surface area contributed by atoms with E-state index in [-0.39, 0.29) is 26.1 Å². The second-order valence-corrected chi connectivity index (χ2v) is 4.11. The van der Waals surface area contributed by atoms with Crippen LogP contribution in [0.5, 0.6) is 0 Å². The molecule has 1 aliphatic rings. The monoisotopic (exact) mass is 273 g/mol. The predicted octanol–water partition coefficient (Wildman–Crippen LogP) is -2.22. The Balaban J connectivity index is 2.60. The molecule has 0 spiro atoms. The molecule has 2 heterocycles. The minimum atomic E-state index is -0.758. The molecule has 106 valence electrons. The van der Waals surface area contributed by atoms with E-state index in [1.54, 1.807) is 0 Å². The van der Waals surface area contributed by atoms with Crippen LogP contribution in [0.25, 0.3) is 0 Å². The molecular formula is C10H15N3O6. The lowest BCUT2D eigenvalue weighted by Gasteiger charge is -2.12. The molecule has 1 aliphatic heterocycles. The van der Waals surface area contributed by atoms with Crippen LogP contribution in [0.4, 0.5) is 0 Å². The van der Waals surface area contributed by atoms with Crippen molar-refractivity contribution in [1.82, 2.24) is 13.7 Å². The average molecular weight is 273 g/mol. The number of hydrogen-bond donors (Lipinski definition) is 0. The smallest absolute Gasteiger partial charge is 0.340 e. The normalized spacial score (nSPS) is 17.7.